The molecule has 0 spiro atoms. The van der Waals surface area contributed by atoms with Crippen LogP contribution in [-0.2, 0) is 6.42 Å². The van der Waals surface area contributed by atoms with E-state index in [1.807, 2.05) is 65.6 Å². The number of rotatable bonds is 14. The van der Waals surface area contributed by atoms with Gasteiger partial charge in [-0.15, -0.1) is 0 Å². The van der Waals surface area contributed by atoms with Gasteiger partial charge in [-0.05, 0) is 84.3 Å². The SMILES string of the molecule is COc1ccc(C(c2ccc(OCC3CCC3)cc2)N(CCc2ccc(OC)c(OC)c2)c2nc(Cl)[nH]c(=O)n2)c(OC)c1. The highest BCUT2D eigenvalue weighted by Crippen LogP contribution is 2.39. The number of anilines is 1. The highest BCUT2D eigenvalue weighted by Gasteiger charge is 2.29. The molecule has 232 valence electrons. The van der Waals surface area contributed by atoms with Crippen LogP contribution in [0.15, 0.2) is 65.5 Å². The Labute approximate surface area is 261 Å². The Morgan fingerprint density at radius 3 is 2.23 bits per heavy atom. The monoisotopic (exact) mass is 620 g/mol. The summed E-state index contributed by atoms with van der Waals surface area (Å²) in [4.78, 5) is 25.6. The van der Waals surface area contributed by atoms with Gasteiger partial charge in [0.25, 0.3) is 0 Å². The van der Waals surface area contributed by atoms with Gasteiger partial charge in [-0.2, -0.15) is 9.97 Å². The van der Waals surface area contributed by atoms with Crippen LogP contribution >= 0.6 is 11.6 Å². The summed E-state index contributed by atoms with van der Waals surface area (Å²) < 4.78 is 28.4. The van der Waals surface area contributed by atoms with E-state index in [1.54, 1.807) is 28.4 Å². The third-order valence-corrected chi connectivity index (χ3v) is 8.09. The lowest BCUT2D eigenvalue weighted by Gasteiger charge is -2.33. The quantitative estimate of drug-likeness (QED) is 0.185. The van der Waals surface area contributed by atoms with Crippen LogP contribution in [0.3, 0.4) is 0 Å². The van der Waals surface area contributed by atoms with E-state index in [1.165, 1.54) is 19.3 Å². The number of halogens is 1. The van der Waals surface area contributed by atoms with Gasteiger partial charge in [0.05, 0.1) is 41.1 Å². The zero-order chi connectivity index (χ0) is 31.1. The lowest BCUT2D eigenvalue weighted by atomic mass is 9.86. The van der Waals surface area contributed by atoms with Gasteiger partial charge < -0.3 is 28.6 Å². The maximum atomic E-state index is 12.5. The fraction of sp³-hybridized carbons (Fsp3) is 0.364. The molecule has 11 heteroatoms. The summed E-state index contributed by atoms with van der Waals surface area (Å²) in [6.07, 6.45) is 4.26. The number of aromatic nitrogens is 3. The lowest BCUT2D eigenvalue weighted by Crippen LogP contribution is -2.35. The largest absolute Gasteiger partial charge is 0.497 e. The summed E-state index contributed by atoms with van der Waals surface area (Å²) >= 11 is 6.26. The van der Waals surface area contributed by atoms with Gasteiger partial charge in [0.1, 0.15) is 17.2 Å². The number of methoxy groups -OCH3 is 4. The number of ether oxygens (including phenoxy) is 5. The Hall–Kier alpha value is -4.44. The third-order valence-electron chi connectivity index (χ3n) is 7.91. The summed E-state index contributed by atoms with van der Waals surface area (Å²) in [7, 11) is 6.42. The van der Waals surface area contributed by atoms with E-state index in [2.05, 4.69) is 15.0 Å². The topological polar surface area (TPSA) is 108 Å². The second-order valence-electron chi connectivity index (χ2n) is 10.6. The van der Waals surface area contributed by atoms with Crippen LogP contribution in [0.5, 0.6) is 28.7 Å². The van der Waals surface area contributed by atoms with Crippen molar-refractivity contribution in [2.75, 3.05) is 46.5 Å². The summed E-state index contributed by atoms with van der Waals surface area (Å²) in [6, 6.07) is 18.9. The minimum absolute atomic E-state index is 0.0590. The van der Waals surface area contributed by atoms with Gasteiger partial charge in [0.15, 0.2) is 11.5 Å². The average molecular weight is 621 g/mol. The second kappa shape index (κ2) is 14.4. The predicted molar refractivity (Wildman–Crippen MR) is 169 cm³/mol. The zero-order valence-corrected chi connectivity index (χ0v) is 26.1. The maximum absolute atomic E-state index is 12.5. The summed E-state index contributed by atoms with van der Waals surface area (Å²) in [6.45, 7) is 1.13. The molecule has 3 aromatic carbocycles. The highest BCUT2D eigenvalue weighted by atomic mass is 35.5. The van der Waals surface area contributed by atoms with E-state index in [9.17, 15) is 4.79 Å². The average Bonchev–Trinajstić information content (AvgIpc) is 3.02. The van der Waals surface area contributed by atoms with Gasteiger partial charge in [0, 0.05) is 18.2 Å². The Balaban J connectivity index is 1.58. The standard InChI is InChI=1S/C33H37ClN4O6/c1-40-25-13-14-26(28(19-25)42-3)30(23-9-11-24(12-10-23)44-20-22-6-5-7-22)38(32-35-31(34)36-33(39)37-32)17-16-21-8-15-27(41-2)29(18-21)43-4/h8-15,18-19,22,30H,5-7,16-17,20H2,1-4H3,(H,35,36,37,39). The van der Waals surface area contributed by atoms with E-state index >= 15 is 0 Å². The van der Waals surface area contributed by atoms with Crippen LogP contribution < -0.4 is 34.3 Å². The van der Waals surface area contributed by atoms with E-state index in [0.717, 1.165) is 22.4 Å². The van der Waals surface area contributed by atoms with Crippen molar-refractivity contribution in [1.82, 2.24) is 15.0 Å². The molecule has 4 aromatic rings. The van der Waals surface area contributed by atoms with Crippen molar-refractivity contribution >= 4 is 17.5 Å². The second-order valence-corrected chi connectivity index (χ2v) is 10.9. The maximum Gasteiger partial charge on any atom is 0.350 e. The van der Waals surface area contributed by atoms with Crippen LogP contribution in [0.4, 0.5) is 5.95 Å². The molecule has 44 heavy (non-hydrogen) atoms. The molecule has 0 saturated heterocycles. The first-order valence-electron chi connectivity index (χ1n) is 14.5. The molecule has 1 aliphatic carbocycles. The van der Waals surface area contributed by atoms with Gasteiger partial charge >= 0.3 is 5.69 Å². The number of hydrogen-bond donors (Lipinski definition) is 1. The summed E-state index contributed by atoms with van der Waals surface area (Å²) in [5.41, 5.74) is 2.13. The van der Waals surface area contributed by atoms with Crippen LogP contribution in [0, 0.1) is 5.92 Å². The molecule has 1 unspecified atom stereocenters. The Morgan fingerprint density at radius 1 is 0.864 bits per heavy atom. The number of H-pyrrole nitrogens is 1. The number of hydrogen-bond acceptors (Lipinski definition) is 9. The van der Waals surface area contributed by atoms with E-state index in [4.69, 9.17) is 35.3 Å². The van der Waals surface area contributed by atoms with Crippen molar-refractivity contribution in [2.24, 2.45) is 5.92 Å². The Morgan fingerprint density at radius 2 is 1.59 bits per heavy atom. The number of nitrogens with one attached hydrogen (secondary N) is 1. The summed E-state index contributed by atoms with van der Waals surface area (Å²) in [5.74, 6) is 4.11. The Kier molecular flexibility index (Phi) is 10.1. The van der Waals surface area contributed by atoms with Crippen LogP contribution in [0.25, 0.3) is 0 Å². The van der Waals surface area contributed by atoms with Crippen molar-refractivity contribution < 1.29 is 23.7 Å². The fourth-order valence-electron chi connectivity index (χ4n) is 5.30. The number of nitrogens with zero attached hydrogens (tertiary/aromatic N) is 3. The van der Waals surface area contributed by atoms with Crippen LogP contribution in [0.2, 0.25) is 5.28 Å². The van der Waals surface area contributed by atoms with Crippen LogP contribution in [0.1, 0.15) is 42.0 Å². The molecule has 1 aliphatic rings. The van der Waals surface area contributed by atoms with Crippen molar-refractivity contribution in [3.8, 4) is 28.7 Å². The molecule has 0 bridgehead atoms. The van der Waals surface area contributed by atoms with Gasteiger partial charge in [-0.3, -0.25) is 4.98 Å². The molecule has 0 aliphatic heterocycles. The van der Waals surface area contributed by atoms with E-state index < -0.39 is 11.7 Å². The van der Waals surface area contributed by atoms with Crippen LogP contribution in [-0.4, -0.2) is 56.5 Å². The molecule has 5 rings (SSSR count). The number of benzene rings is 3. The molecule has 0 radical (unpaired) electrons. The molecule has 1 N–H and O–H groups in total. The molecule has 1 fully saturated rings. The van der Waals surface area contributed by atoms with Gasteiger partial charge in [-0.1, -0.05) is 24.6 Å². The minimum Gasteiger partial charge on any atom is -0.497 e. The van der Waals surface area contributed by atoms with Crippen molar-refractivity contribution in [3.05, 3.63) is 93.1 Å². The molecular formula is C33H37ClN4O6. The normalized spacial score (nSPS) is 13.5. The smallest absolute Gasteiger partial charge is 0.350 e. The predicted octanol–water partition coefficient (Wildman–Crippen LogP) is 5.87. The molecule has 1 aromatic heterocycles. The fourth-order valence-corrected chi connectivity index (χ4v) is 5.45. The van der Waals surface area contributed by atoms with E-state index in [0.29, 0.717) is 48.5 Å². The molecular weight excluding hydrogens is 584 g/mol. The van der Waals surface area contributed by atoms with Gasteiger partial charge in [0.2, 0.25) is 11.2 Å². The zero-order valence-electron chi connectivity index (χ0n) is 25.3. The third kappa shape index (κ3) is 7.19. The summed E-state index contributed by atoms with van der Waals surface area (Å²) in [5, 5.41) is -0.0590. The molecule has 10 nitrogen and oxygen atoms in total. The van der Waals surface area contributed by atoms with Crippen molar-refractivity contribution in [1.29, 1.82) is 0 Å². The van der Waals surface area contributed by atoms with Gasteiger partial charge in [-0.25, -0.2) is 4.79 Å². The Bertz CT molecular complexity index is 1610. The van der Waals surface area contributed by atoms with E-state index in [-0.39, 0.29) is 11.2 Å². The van der Waals surface area contributed by atoms with Crippen molar-refractivity contribution in [2.45, 2.75) is 31.7 Å². The molecule has 0 amide bonds. The molecule has 1 heterocycles. The minimum atomic E-state index is -0.601. The molecule has 1 atom stereocenters. The number of aromatic amines is 1. The first-order valence-corrected chi connectivity index (χ1v) is 14.9. The molecule has 1 saturated carbocycles. The first-order chi connectivity index (χ1) is 21.4. The lowest BCUT2D eigenvalue weighted by molar-refractivity contribution is 0.180. The first kappa shape index (κ1) is 31.0. The van der Waals surface area contributed by atoms with Crippen molar-refractivity contribution in [3.63, 3.8) is 0 Å². The highest BCUT2D eigenvalue weighted by molar-refractivity contribution is 6.28.